The summed E-state index contributed by atoms with van der Waals surface area (Å²) in [7, 11) is 3.07. The van der Waals surface area contributed by atoms with Crippen LogP contribution in [-0.4, -0.2) is 20.2 Å². The smallest absolute Gasteiger partial charge is 0.379 e. The van der Waals surface area contributed by atoms with Gasteiger partial charge in [0, 0.05) is 16.8 Å². The lowest BCUT2D eigenvalue weighted by Gasteiger charge is -2.10. The molecule has 0 radical (unpaired) electrons. The molecule has 0 saturated heterocycles. The zero-order chi connectivity index (χ0) is 22.9. The van der Waals surface area contributed by atoms with Crippen LogP contribution in [0.5, 0.6) is 17.2 Å². The Morgan fingerprint density at radius 2 is 1.55 bits per heavy atom. The molecule has 5 rings (SSSR count). The summed E-state index contributed by atoms with van der Waals surface area (Å²) in [5.41, 5.74) is 1.35. The molecule has 0 spiro atoms. The molecule has 0 aliphatic carbocycles. The van der Waals surface area contributed by atoms with Gasteiger partial charge in [-0.25, -0.2) is 9.59 Å². The van der Waals surface area contributed by atoms with E-state index < -0.39 is 11.6 Å². The normalized spacial score (nSPS) is 11.0. The predicted octanol–water partition coefficient (Wildman–Crippen LogP) is 5.44. The number of benzene rings is 3. The van der Waals surface area contributed by atoms with Gasteiger partial charge >= 0.3 is 11.6 Å². The van der Waals surface area contributed by atoms with Gasteiger partial charge in [0.1, 0.15) is 16.9 Å². The third kappa shape index (κ3) is 3.80. The third-order valence-electron chi connectivity index (χ3n) is 5.24. The van der Waals surface area contributed by atoms with Crippen LogP contribution in [0.3, 0.4) is 0 Å². The fourth-order valence-electron chi connectivity index (χ4n) is 3.60. The summed E-state index contributed by atoms with van der Waals surface area (Å²) < 4.78 is 27.0. The average Bonchev–Trinajstić information content (AvgIpc) is 3.28. The molecule has 164 valence electrons. The topological polar surface area (TPSA) is 88.1 Å². The number of fused-ring (bicyclic) bond motifs is 2. The van der Waals surface area contributed by atoms with Crippen LogP contribution >= 0.6 is 0 Å². The summed E-state index contributed by atoms with van der Waals surface area (Å²) in [5.74, 6) is 0.732. The summed E-state index contributed by atoms with van der Waals surface area (Å²) in [4.78, 5) is 25.2. The quantitative estimate of drug-likeness (QED) is 0.203. The molecule has 0 atom stereocenters. The average molecular weight is 442 g/mol. The van der Waals surface area contributed by atoms with Gasteiger partial charge in [-0.15, -0.1) is 0 Å². The van der Waals surface area contributed by atoms with Gasteiger partial charge in [0.15, 0.2) is 11.5 Å². The van der Waals surface area contributed by atoms with Gasteiger partial charge in [0.2, 0.25) is 5.76 Å². The number of esters is 1. The minimum atomic E-state index is -0.644. The molecule has 0 fully saturated rings. The number of furan rings is 1. The van der Waals surface area contributed by atoms with Crippen molar-refractivity contribution >= 4 is 27.9 Å². The van der Waals surface area contributed by atoms with E-state index in [0.29, 0.717) is 39.2 Å². The van der Waals surface area contributed by atoms with E-state index in [4.69, 9.17) is 23.0 Å². The van der Waals surface area contributed by atoms with Crippen LogP contribution in [0.25, 0.3) is 33.1 Å². The van der Waals surface area contributed by atoms with Crippen LogP contribution in [0.4, 0.5) is 0 Å². The number of ether oxygens (including phenoxy) is 3. The molecule has 0 bridgehead atoms. The molecule has 2 heterocycles. The first kappa shape index (κ1) is 20.4. The number of para-hydroxylation sites is 1. The van der Waals surface area contributed by atoms with E-state index in [2.05, 4.69) is 0 Å². The first-order valence-corrected chi connectivity index (χ1v) is 10.1. The lowest BCUT2D eigenvalue weighted by Crippen LogP contribution is -2.07. The first-order valence-electron chi connectivity index (χ1n) is 10.1. The Labute approximate surface area is 187 Å². The molecule has 7 nitrogen and oxygen atoms in total. The second-order valence-corrected chi connectivity index (χ2v) is 7.25. The van der Waals surface area contributed by atoms with Crippen LogP contribution in [-0.2, 0) is 0 Å². The molecule has 0 N–H and O–H groups in total. The highest BCUT2D eigenvalue weighted by Crippen LogP contribution is 2.32. The summed E-state index contributed by atoms with van der Waals surface area (Å²) in [6.45, 7) is 0. The van der Waals surface area contributed by atoms with E-state index in [9.17, 15) is 9.59 Å². The molecule has 0 amide bonds. The molecule has 0 saturated carbocycles. The maximum absolute atomic E-state index is 12.7. The van der Waals surface area contributed by atoms with E-state index in [1.807, 2.05) is 18.2 Å². The van der Waals surface area contributed by atoms with Crippen molar-refractivity contribution in [3.8, 4) is 28.4 Å². The Hall–Kier alpha value is -4.52. The Bertz CT molecular complexity index is 1530. The second kappa shape index (κ2) is 8.20. The van der Waals surface area contributed by atoms with Crippen molar-refractivity contribution < 1.29 is 27.8 Å². The number of hydrogen-bond acceptors (Lipinski definition) is 7. The highest BCUT2D eigenvalue weighted by Gasteiger charge is 2.16. The number of rotatable bonds is 5. The molecule has 7 heteroatoms. The van der Waals surface area contributed by atoms with E-state index in [1.54, 1.807) is 55.6 Å². The Balaban J connectivity index is 1.45. The standard InChI is InChI=1S/C26H18O7/c1-29-21-10-8-15(12-23(21)30-2)19-11-17-7-9-18(14-22(17)33-25(19)27)31-26(28)24-13-16-5-3-4-6-20(16)32-24/h3-14H,1-2H3. The van der Waals surface area contributed by atoms with Gasteiger partial charge < -0.3 is 23.0 Å². The molecule has 33 heavy (non-hydrogen) atoms. The van der Waals surface area contributed by atoms with Gasteiger partial charge in [-0.05, 0) is 48.0 Å². The Kier molecular flexibility index (Phi) is 5.06. The van der Waals surface area contributed by atoms with Crippen molar-refractivity contribution in [1.82, 2.24) is 0 Å². The highest BCUT2D eigenvalue weighted by molar-refractivity contribution is 5.94. The predicted molar refractivity (Wildman–Crippen MR) is 122 cm³/mol. The first-order chi connectivity index (χ1) is 16.1. The Morgan fingerprint density at radius 1 is 0.758 bits per heavy atom. The molecule has 0 unspecified atom stereocenters. The molecule has 3 aromatic carbocycles. The maximum atomic E-state index is 12.7. The van der Waals surface area contributed by atoms with Gasteiger partial charge in [-0.2, -0.15) is 0 Å². The van der Waals surface area contributed by atoms with Crippen LogP contribution in [0.15, 0.2) is 86.4 Å². The molecular weight excluding hydrogens is 424 g/mol. The molecular formula is C26H18O7. The number of methoxy groups -OCH3 is 2. The van der Waals surface area contributed by atoms with Crippen LogP contribution < -0.4 is 19.8 Å². The molecule has 0 aliphatic rings. The Morgan fingerprint density at radius 3 is 2.33 bits per heavy atom. The van der Waals surface area contributed by atoms with Crippen molar-refractivity contribution in [1.29, 1.82) is 0 Å². The zero-order valence-electron chi connectivity index (χ0n) is 17.8. The van der Waals surface area contributed by atoms with Crippen molar-refractivity contribution in [2.75, 3.05) is 14.2 Å². The summed E-state index contributed by atoms with van der Waals surface area (Å²) in [6, 6.07) is 20.6. The zero-order valence-corrected chi connectivity index (χ0v) is 17.8. The monoisotopic (exact) mass is 442 g/mol. The van der Waals surface area contributed by atoms with Crippen molar-refractivity contribution in [2.24, 2.45) is 0 Å². The lowest BCUT2D eigenvalue weighted by atomic mass is 10.1. The minimum Gasteiger partial charge on any atom is -0.493 e. The minimum absolute atomic E-state index is 0.0848. The van der Waals surface area contributed by atoms with E-state index in [-0.39, 0.29) is 11.5 Å². The van der Waals surface area contributed by atoms with Crippen LogP contribution in [0.2, 0.25) is 0 Å². The number of carbonyl (C=O) groups is 1. The number of hydrogen-bond donors (Lipinski definition) is 0. The van der Waals surface area contributed by atoms with E-state index in [1.165, 1.54) is 13.2 Å². The third-order valence-corrected chi connectivity index (χ3v) is 5.24. The molecule has 2 aromatic heterocycles. The largest absolute Gasteiger partial charge is 0.493 e. The van der Waals surface area contributed by atoms with Gasteiger partial charge in [0.05, 0.1) is 19.8 Å². The van der Waals surface area contributed by atoms with Crippen molar-refractivity contribution in [2.45, 2.75) is 0 Å². The fourth-order valence-corrected chi connectivity index (χ4v) is 3.60. The fraction of sp³-hybridized carbons (Fsp3) is 0.0769. The molecule has 5 aromatic rings. The van der Waals surface area contributed by atoms with E-state index >= 15 is 0 Å². The molecule has 0 aliphatic heterocycles. The van der Waals surface area contributed by atoms with Crippen LogP contribution in [0, 0.1) is 0 Å². The van der Waals surface area contributed by atoms with Crippen molar-refractivity contribution in [3.05, 3.63) is 89.0 Å². The maximum Gasteiger partial charge on any atom is 0.379 e. The van der Waals surface area contributed by atoms with Gasteiger partial charge in [0.25, 0.3) is 0 Å². The number of carbonyl (C=O) groups excluding carboxylic acids is 1. The summed E-state index contributed by atoms with van der Waals surface area (Å²) >= 11 is 0. The SMILES string of the molecule is COc1ccc(-c2cc3ccc(OC(=O)c4cc5ccccc5o4)cc3oc2=O)cc1OC. The lowest BCUT2D eigenvalue weighted by molar-refractivity contribution is 0.0704. The van der Waals surface area contributed by atoms with Crippen molar-refractivity contribution in [3.63, 3.8) is 0 Å². The summed E-state index contributed by atoms with van der Waals surface area (Å²) in [6.07, 6.45) is 0. The van der Waals surface area contributed by atoms with E-state index in [0.717, 1.165) is 5.39 Å². The highest BCUT2D eigenvalue weighted by atomic mass is 16.5. The summed E-state index contributed by atoms with van der Waals surface area (Å²) in [5, 5.41) is 1.47. The second-order valence-electron chi connectivity index (χ2n) is 7.25. The van der Waals surface area contributed by atoms with Gasteiger partial charge in [-0.1, -0.05) is 24.3 Å². The van der Waals surface area contributed by atoms with Gasteiger partial charge in [-0.3, -0.25) is 0 Å². The van der Waals surface area contributed by atoms with Crippen LogP contribution in [0.1, 0.15) is 10.6 Å².